The van der Waals surface area contributed by atoms with Crippen molar-refractivity contribution in [2.24, 2.45) is 0 Å². The molecule has 0 bridgehead atoms. The number of carbonyl (C=O) groups is 1. The lowest BCUT2D eigenvalue weighted by Gasteiger charge is -2.14. The summed E-state index contributed by atoms with van der Waals surface area (Å²) in [4.78, 5) is 10.5. The van der Waals surface area contributed by atoms with Crippen LogP contribution in [0.3, 0.4) is 0 Å². The normalized spacial score (nSPS) is 14.5. The van der Waals surface area contributed by atoms with E-state index in [1.165, 1.54) is 6.07 Å². The Morgan fingerprint density at radius 3 is 2.60 bits per heavy atom. The first-order valence-electron chi connectivity index (χ1n) is 4.62. The number of hydrogen-bond donors (Lipinski definition) is 2. The molecular weight excluding hydrogens is 199 g/mol. The number of aliphatic carboxylic acids is 1. The second-order valence-corrected chi connectivity index (χ2v) is 3.63. The number of alkyl halides is 1. The topological polar surface area (TPSA) is 57.5 Å². The van der Waals surface area contributed by atoms with E-state index in [4.69, 9.17) is 5.11 Å². The van der Waals surface area contributed by atoms with Gasteiger partial charge in [0.25, 0.3) is 0 Å². The zero-order valence-electron chi connectivity index (χ0n) is 8.40. The molecule has 0 saturated carbocycles. The molecule has 82 valence electrons. The molecule has 0 radical (unpaired) electrons. The summed E-state index contributed by atoms with van der Waals surface area (Å²) in [5.41, 5.74) is -1.69. The number of phenols is 1. The maximum absolute atomic E-state index is 13.3. The minimum atomic E-state index is -2.25. The van der Waals surface area contributed by atoms with Crippen LogP contribution in [-0.4, -0.2) is 21.9 Å². The Hall–Kier alpha value is -1.58. The summed E-state index contributed by atoms with van der Waals surface area (Å²) >= 11 is 0. The smallest absolute Gasteiger partial charge is 0.341 e. The molecular formula is C11H13FO3. The minimum absolute atomic E-state index is 0.0682. The van der Waals surface area contributed by atoms with Crippen LogP contribution in [0.4, 0.5) is 4.39 Å². The van der Waals surface area contributed by atoms with Crippen molar-refractivity contribution in [2.75, 3.05) is 0 Å². The number of carboxylic acids is 1. The highest BCUT2D eigenvalue weighted by molar-refractivity contribution is 5.76. The van der Waals surface area contributed by atoms with E-state index in [0.717, 1.165) is 6.92 Å². The molecule has 1 atom stereocenters. The Morgan fingerprint density at radius 1 is 1.47 bits per heavy atom. The van der Waals surface area contributed by atoms with Crippen LogP contribution in [-0.2, 0) is 11.2 Å². The number of aryl methyl sites for hydroxylation is 1. The number of hydrogen-bond acceptors (Lipinski definition) is 2. The van der Waals surface area contributed by atoms with Crippen molar-refractivity contribution in [1.29, 1.82) is 0 Å². The van der Waals surface area contributed by atoms with Crippen LogP contribution in [0.1, 0.15) is 18.9 Å². The average molecular weight is 212 g/mol. The fraction of sp³-hybridized carbons (Fsp3) is 0.364. The summed E-state index contributed by atoms with van der Waals surface area (Å²) in [6, 6.07) is 6.51. The molecule has 15 heavy (non-hydrogen) atoms. The standard InChI is InChI=1S/C11H13FO3/c1-11(12,10(14)15)7-6-8-4-2-3-5-9(8)13/h2-5,13H,6-7H2,1H3,(H,14,15). The van der Waals surface area contributed by atoms with Gasteiger partial charge in [-0.2, -0.15) is 0 Å². The molecule has 3 nitrogen and oxygen atoms in total. The molecule has 1 rings (SSSR count). The molecule has 4 heteroatoms. The zero-order chi connectivity index (χ0) is 11.5. The predicted octanol–water partition coefficient (Wildman–Crippen LogP) is 2.14. The molecule has 0 heterocycles. The fourth-order valence-electron chi connectivity index (χ4n) is 1.20. The average Bonchev–Trinajstić information content (AvgIpc) is 2.16. The lowest BCUT2D eigenvalue weighted by molar-refractivity contribution is -0.150. The third-order valence-corrected chi connectivity index (χ3v) is 2.30. The van der Waals surface area contributed by atoms with Crippen LogP contribution in [0, 0.1) is 0 Å². The maximum atomic E-state index is 13.3. The first-order chi connectivity index (χ1) is 6.93. The molecule has 0 aliphatic heterocycles. The lowest BCUT2D eigenvalue weighted by Crippen LogP contribution is -2.30. The molecule has 1 unspecified atom stereocenters. The van der Waals surface area contributed by atoms with Gasteiger partial charge in [-0.05, 0) is 31.4 Å². The maximum Gasteiger partial charge on any atom is 0.341 e. The monoisotopic (exact) mass is 212 g/mol. The van der Waals surface area contributed by atoms with Gasteiger partial charge in [0, 0.05) is 0 Å². The Bertz CT molecular complexity index is 361. The largest absolute Gasteiger partial charge is 0.508 e. The second-order valence-electron chi connectivity index (χ2n) is 3.63. The summed E-state index contributed by atoms with van der Waals surface area (Å²) in [6.07, 6.45) is 0.0475. The van der Waals surface area contributed by atoms with Gasteiger partial charge in [-0.15, -0.1) is 0 Å². The van der Waals surface area contributed by atoms with E-state index in [1.807, 2.05) is 0 Å². The highest BCUT2D eigenvalue weighted by atomic mass is 19.1. The van der Waals surface area contributed by atoms with Crippen molar-refractivity contribution in [3.8, 4) is 5.75 Å². The van der Waals surface area contributed by atoms with Crippen molar-refractivity contribution in [1.82, 2.24) is 0 Å². The van der Waals surface area contributed by atoms with Gasteiger partial charge < -0.3 is 10.2 Å². The van der Waals surface area contributed by atoms with Gasteiger partial charge in [0.05, 0.1) is 0 Å². The molecule has 2 N–H and O–H groups in total. The van der Waals surface area contributed by atoms with Crippen LogP contribution in [0.2, 0.25) is 0 Å². The number of rotatable bonds is 4. The summed E-state index contributed by atoms with van der Waals surface area (Å²) in [6.45, 7) is 1.02. The van der Waals surface area contributed by atoms with Gasteiger partial charge in [-0.1, -0.05) is 18.2 Å². The van der Waals surface area contributed by atoms with Crippen LogP contribution in [0.25, 0.3) is 0 Å². The van der Waals surface area contributed by atoms with E-state index in [2.05, 4.69) is 0 Å². The number of halogens is 1. The minimum Gasteiger partial charge on any atom is -0.508 e. The lowest BCUT2D eigenvalue weighted by atomic mass is 9.98. The van der Waals surface area contributed by atoms with Gasteiger partial charge in [0.2, 0.25) is 5.67 Å². The molecule has 0 fully saturated rings. The fourth-order valence-corrected chi connectivity index (χ4v) is 1.20. The van der Waals surface area contributed by atoms with Gasteiger partial charge in [0.1, 0.15) is 5.75 Å². The van der Waals surface area contributed by atoms with E-state index in [0.29, 0.717) is 5.56 Å². The zero-order valence-corrected chi connectivity index (χ0v) is 8.40. The van der Waals surface area contributed by atoms with Crippen LogP contribution >= 0.6 is 0 Å². The van der Waals surface area contributed by atoms with Gasteiger partial charge in [-0.25, -0.2) is 9.18 Å². The SMILES string of the molecule is CC(F)(CCc1ccccc1O)C(=O)O. The molecule has 0 saturated heterocycles. The van der Waals surface area contributed by atoms with E-state index in [1.54, 1.807) is 18.2 Å². The Morgan fingerprint density at radius 2 is 2.07 bits per heavy atom. The molecule has 1 aromatic rings. The van der Waals surface area contributed by atoms with Crippen LogP contribution in [0.15, 0.2) is 24.3 Å². The van der Waals surface area contributed by atoms with Gasteiger partial charge in [-0.3, -0.25) is 0 Å². The van der Waals surface area contributed by atoms with E-state index >= 15 is 0 Å². The van der Waals surface area contributed by atoms with Crippen molar-refractivity contribution in [3.05, 3.63) is 29.8 Å². The summed E-state index contributed by atoms with van der Waals surface area (Å²) < 4.78 is 13.3. The number of benzene rings is 1. The van der Waals surface area contributed by atoms with E-state index in [9.17, 15) is 14.3 Å². The highest BCUT2D eigenvalue weighted by Crippen LogP contribution is 2.23. The Labute approximate surface area is 87.2 Å². The number of carboxylic acid groups (broad SMARTS) is 1. The molecule has 1 aromatic carbocycles. The van der Waals surface area contributed by atoms with Crippen molar-refractivity contribution < 1.29 is 19.4 Å². The molecule has 0 aliphatic rings. The molecule has 0 aliphatic carbocycles. The highest BCUT2D eigenvalue weighted by Gasteiger charge is 2.32. The first kappa shape index (κ1) is 11.5. The summed E-state index contributed by atoms with van der Waals surface area (Å²) in [5.74, 6) is -1.41. The third-order valence-electron chi connectivity index (χ3n) is 2.30. The van der Waals surface area contributed by atoms with E-state index in [-0.39, 0.29) is 18.6 Å². The Kier molecular flexibility index (Phi) is 3.29. The van der Waals surface area contributed by atoms with Crippen molar-refractivity contribution in [3.63, 3.8) is 0 Å². The molecule has 0 spiro atoms. The predicted molar refractivity (Wildman–Crippen MR) is 53.6 cm³/mol. The van der Waals surface area contributed by atoms with Crippen molar-refractivity contribution >= 4 is 5.97 Å². The summed E-state index contributed by atoms with van der Waals surface area (Å²) in [5, 5.41) is 17.9. The number of aromatic hydroxyl groups is 1. The van der Waals surface area contributed by atoms with E-state index < -0.39 is 11.6 Å². The molecule has 0 amide bonds. The van der Waals surface area contributed by atoms with Crippen LogP contribution in [0.5, 0.6) is 5.75 Å². The van der Waals surface area contributed by atoms with Gasteiger partial charge in [0.15, 0.2) is 0 Å². The van der Waals surface area contributed by atoms with Crippen LogP contribution < -0.4 is 0 Å². The Balaban J connectivity index is 2.66. The first-order valence-corrected chi connectivity index (χ1v) is 4.62. The third kappa shape index (κ3) is 2.94. The second kappa shape index (κ2) is 4.29. The number of phenolic OH excluding ortho intramolecular Hbond substituents is 1. The quantitative estimate of drug-likeness (QED) is 0.803. The summed E-state index contributed by atoms with van der Waals surface area (Å²) in [7, 11) is 0. The molecule has 0 aromatic heterocycles. The van der Waals surface area contributed by atoms with Gasteiger partial charge >= 0.3 is 5.97 Å². The van der Waals surface area contributed by atoms with Crippen molar-refractivity contribution in [2.45, 2.75) is 25.4 Å². The number of para-hydroxylation sites is 1.